The van der Waals surface area contributed by atoms with Crippen molar-refractivity contribution in [3.63, 3.8) is 0 Å². The Hall–Kier alpha value is -3.13. The fourth-order valence-corrected chi connectivity index (χ4v) is 8.55. The van der Waals surface area contributed by atoms with Gasteiger partial charge in [0, 0.05) is 54.9 Å². The number of nitrogens with zero attached hydrogens (tertiary/aromatic N) is 2. The summed E-state index contributed by atoms with van der Waals surface area (Å²) in [6.45, 7) is 3.89. The van der Waals surface area contributed by atoms with Crippen molar-refractivity contribution in [2.24, 2.45) is 11.7 Å². The van der Waals surface area contributed by atoms with Gasteiger partial charge < -0.3 is 25.8 Å². The molecule has 5 rings (SSSR count). The van der Waals surface area contributed by atoms with E-state index in [0.717, 1.165) is 24.6 Å². The SMILES string of the molecule is COc1ccc(S(=O)(=O)N2[C@@H](CCc3c(F)cncc3NC(=O)C(N)C(c3ccc(Cl)cc3)C3CCOCC3)CNC[C@@H]2C)cc1. The minimum absolute atomic E-state index is 0.111. The average molecular weight is 674 g/mol. The van der Waals surface area contributed by atoms with Crippen LogP contribution in [0.4, 0.5) is 10.1 Å². The number of nitrogens with two attached hydrogens (primary N) is 1. The summed E-state index contributed by atoms with van der Waals surface area (Å²) in [6, 6.07) is 11.9. The number of anilines is 1. The van der Waals surface area contributed by atoms with Crippen LogP contribution in [-0.4, -0.2) is 75.2 Å². The van der Waals surface area contributed by atoms with Crippen molar-refractivity contribution in [1.82, 2.24) is 14.6 Å². The molecule has 1 aromatic heterocycles. The summed E-state index contributed by atoms with van der Waals surface area (Å²) in [5.74, 6) is -0.695. The summed E-state index contributed by atoms with van der Waals surface area (Å²) in [6.07, 6.45) is 4.47. The number of hydrogen-bond donors (Lipinski definition) is 3. The van der Waals surface area contributed by atoms with Gasteiger partial charge in [0.2, 0.25) is 15.9 Å². The normalized spacial score (nSPS) is 21.0. The van der Waals surface area contributed by atoms with Gasteiger partial charge in [0.1, 0.15) is 11.6 Å². The van der Waals surface area contributed by atoms with E-state index in [-0.39, 0.29) is 40.4 Å². The zero-order valence-electron chi connectivity index (χ0n) is 26.0. The molecule has 3 aromatic rings. The van der Waals surface area contributed by atoms with Crippen molar-refractivity contribution in [2.45, 2.75) is 61.5 Å². The number of nitrogens with one attached hydrogen (secondary N) is 2. The fraction of sp³-hybridized carbons (Fsp3) is 0.455. The summed E-state index contributed by atoms with van der Waals surface area (Å²) in [5, 5.41) is 6.72. The highest BCUT2D eigenvalue weighted by atomic mass is 35.5. The number of hydrogen-bond acceptors (Lipinski definition) is 8. The number of sulfonamides is 1. The summed E-state index contributed by atoms with van der Waals surface area (Å²) in [5.41, 5.74) is 8.00. The zero-order valence-corrected chi connectivity index (χ0v) is 27.6. The van der Waals surface area contributed by atoms with Crippen LogP contribution in [0, 0.1) is 11.7 Å². The Morgan fingerprint density at radius 3 is 2.52 bits per heavy atom. The summed E-state index contributed by atoms with van der Waals surface area (Å²) in [7, 11) is -2.34. The first kappa shape index (κ1) is 34.2. The van der Waals surface area contributed by atoms with Crippen molar-refractivity contribution in [2.75, 3.05) is 38.7 Å². The lowest BCUT2D eigenvalue weighted by molar-refractivity contribution is -0.118. The van der Waals surface area contributed by atoms with Gasteiger partial charge in [-0.15, -0.1) is 0 Å². The first-order valence-corrected chi connectivity index (χ1v) is 17.3. The van der Waals surface area contributed by atoms with Crippen LogP contribution < -0.4 is 21.1 Å². The Bertz CT molecular complexity index is 1590. The molecule has 2 unspecified atom stereocenters. The second kappa shape index (κ2) is 15.2. The lowest BCUT2D eigenvalue weighted by Crippen LogP contribution is -2.58. The summed E-state index contributed by atoms with van der Waals surface area (Å²) < 4.78 is 55.1. The van der Waals surface area contributed by atoms with Gasteiger partial charge >= 0.3 is 0 Å². The Kier molecular flexibility index (Phi) is 11.3. The van der Waals surface area contributed by atoms with Gasteiger partial charge in [-0.2, -0.15) is 4.31 Å². The van der Waals surface area contributed by atoms with E-state index in [4.69, 9.17) is 26.8 Å². The number of ether oxygens (including phenoxy) is 2. The van der Waals surface area contributed by atoms with Gasteiger partial charge in [0.05, 0.1) is 36.1 Å². The number of aromatic nitrogens is 1. The molecular weight excluding hydrogens is 633 g/mol. The van der Waals surface area contributed by atoms with Crippen LogP contribution in [0.1, 0.15) is 43.2 Å². The molecule has 0 saturated carbocycles. The first-order chi connectivity index (χ1) is 22.1. The number of amides is 1. The number of rotatable bonds is 11. The van der Waals surface area contributed by atoms with Crippen molar-refractivity contribution in [3.8, 4) is 5.75 Å². The van der Waals surface area contributed by atoms with Gasteiger partial charge in [0.25, 0.3) is 0 Å². The van der Waals surface area contributed by atoms with E-state index in [1.807, 2.05) is 19.1 Å². The molecule has 248 valence electrons. The third-order valence-electron chi connectivity index (χ3n) is 8.96. The molecule has 0 bridgehead atoms. The van der Waals surface area contributed by atoms with E-state index < -0.39 is 33.8 Å². The maximum absolute atomic E-state index is 15.3. The van der Waals surface area contributed by atoms with Crippen molar-refractivity contribution < 1.29 is 27.1 Å². The molecular formula is C33H41ClFN5O5S. The van der Waals surface area contributed by atoms with Crippen LogP contribution in [0.2, 0.25) is 5.02 Å². The minimum atomic E-state index is -3.86. The molecule has 2 aliphatic heterocycles. The maximum Gasteiger partial charge on any atom is 0.243 e. The quantitative estimate of drug-likeness (QED) is 0.274. The van der Waals surface area contributed by atoms with E-state index in [9.17, 15) is 13.2 Å². The van der Waals surface area contributed by atoms with Gasteiger partial charge in [0.15, 0.2) is 0 Å². The number of piperazine rings is 1. The number of carbonyl (C=O) groups is 1. The highest BCUT2D eigenvalue weighted by Crippen LogP contribution is 2.36. The second-order valence-corrected chi connectivity index (χ2v) is 14.2. The van der Waals surface area contributed by atoms with Gasteiger partial charge in [-0.25, -0.2) is 12.8 Å². The lowest BCUT2D eigenvalue weighted by atomic mass is 9.76. The van der Waals surface area contributed by atoms with Crippen LogP contribution in [0.25, 0.3) is 0 Å². The minimum Gasteiger partial charge on any atom is -0.497 e. The van der Waals surface area contributed by atoms with E-state index >= 15 is 4.39 Å². The smallest absolute Gasteiger partial charge is 0.243 e. The van der Waals surface area contributed by atoms with Crippen LogP contribution >= 0.6 is 11.6 Å². The average Bonchev–Trinajstić information content (AvgIpc) is 3.06. The number of carbonyl (C=O) groups excluding carboxylic acids is 1. The number of halogens is 2. The van der Waals surface area contributed by atoms with E-state index in [2.05, 4.69) is 15.6 Å². The van der Waals surface area contributed by atoms with Crippen LogP contribution in [0.5, 0.6) is 5.75 Å². The maximum atomic E-state index is 15.3. The standard InChI is InChI=1S/C33H41ClFN5O5S/c1-21-17-37-18-25(40(21)46(42,43)27-10-8-26(44-2)9-11-27)7-12-28-29(35)19-38-20-30(28)39-33(41)32(36)31(23-13-15-45-16-14-23)22-3-5-24(34)6-4-22/h3-6,8-11,19-21,23,25,31-32,37H,7,12-18,36H2,1-2H3,(H,39,41)/t21-,25-,31?,32?/m0/s1. The largest absolute Gasteiger partial charge is 0.497 e. The molecule has 4 atom stereocenters. The zero-order chi connectivity index (χ0) is 32.8. The molecule has 0 aliphatic carbocycles. The van der Waals surface area contributed by atoms with Crippen molar-refractivity contribution in [1.29, 1.82) is 0 Å². The third kappa shape index (κ3) is 7.70. The molecule has 10 nitrogen and oxygen atoms in total. The molecule has 2 saturated heterocycles. The second-order valence-electron chi connectivity index (χ2n) is 11.9. The summed E-state index contributed by atoms with van der Waals surface area (Å²) in [4.78, 5) is 17.8. The highest BCUT2D eigenvalue weighted by Gasteiger charge is 2.38. The van der Waals surface area contributed by atoms with E-state index in [1.54, 1.807) is 24.3 Å². The lowest BCUT2D eigenvalue weighted by Gasteiger charge is -2.40. The molecule has 2 aliphatic rings. The Labute approximate surface area is 274 Å². The number of methoxy groups -OCH3 is 1. The molecule has 0 radical (unpaired) electrons. The Morgan fingerprint density at radius 1 is 1.15 bits per heavy atom. The topological polar surface area (TPSA) is 136 Å². The highest BCUT2D eigenvalue weighted by molar-refractivity contribution is 7.89. The number of pyridine rings is 1. The molecule has 2 aromatic carbocycles. The fourth-order valence-electron chi connectivity index (χ4n) is 6.58. The monoisotopic (exact) mass is 673 g/mol. The van der Waals surface area contributed by atoms with Crippen LogP contribution in [0.3, 0.4) is 0 Å². The van der Waals surface area contributed by atoms with Gasteiger partial charge in [-0.05, 0) is 80.5 Å². The van der Waals surface area contributed by atoms with Gasteiger partial charge in [-0.1, -0.05) is 23.7 Å². The van der Waals surface area contributed by atoms with Crippen molar-refractivity contribution in [3.05, 3.63) is 82.9 Å². The van der Waals surface area contributed by atoms with Crippen molar-refractivity contribution >= 4 is 33.2 Å². The van der Waals surface area contributed by atoms with Crippen LogP contribution in [0.15, 0.2) is 65.8 Å². The molecule has 46 heavy (non-hydrogen) atoms. The number of benzene rings is 2. The summed E-state index contributed by atoms with van der Waals surface area (Å²) >= 11 is 6.14. The Balaban J connectivity index is 1.35. The molecule has 13 heteroatoms. The first-order valence-electron chi connectivity index (χ1n) is 15.5. The van der Waals surface area contributed by atoms with Crippen LogP contribution in [-0.2, 0) is 26.0 Å². The molecule has 1 amide bonds. The van der Waals surface area contributed by atoms with E-state index in [1.165, 1.54) is 29.7 Å². The molecule has 3 heterocycles. The molecule has 0 spiro atoms. The Morgan fingerprint density at radius 2 is 1.85 bits per heavy atom. The van der Waals surface area contributed by atoms with Gasteiger partial charge in [-0.3, -0.25) is 9.78 Å². The molecule has 4 N–H and O–H groups in total. The molecule has 2 fully saturated rings. The van der Waals surface area contributed by atoms with E-state index in [0.29, 0.717) is 43.5 Å². The third-order valence-corrected chi connectivity index (χ3v) is 11.3. The predicted molar refractivity (Wildman–Crippen MR) is 175 cm³/mol. The predicted octanol–water partition coefficient (Wildman–Crippen LogP) is 4.34.